The van der Waals surface area contributed by atoms with Crippen LogP contribution in [-0.2, 0) is 4.79 Å². The lowest BCUT2D eigenvalue weighted by Crippen LogP contribution is -2.32. The number of halogens is 1. The van der Waals surface area contributed by atoms with Crippen molar-refractivity contribution in [1.82, 2.24) is 14.9 Å². The van der Waals surface area contributed by atoms with Gasteiger partial charge in [-0.2, -0.15) is 4.68 Å². The van der Waals surface area contributed by atoms with Crippen LogP contribution >= 0.6 is 11.8 Å². The van der Waals surface area contributed by atoms with E-state index in [4.69, 9.17) is 5.84 Å². The minimum atomic E-state index is -0.474. The fraction of sp³-hybridized carbons (Fsp3) is 0.231. The van der Waals surface area contributed by atoms with Crippen LogP contribution in [0.3, 0.4) is 0 Å². The number of benzene rings is 1. The Bertz CT molecular complexity index is 778. The molecule has 7 nitrogen and oxygen atoms in total. The fourth-order valence-electron chi connectivity index (χ4n) is 1.57. The van der Waals surface area contributed by atoms with Crippen molar-refractivity contribution in [1.29, 1.82) is 0 Å². The van der Waals surface area contributed by atoms with Gasteiger partial charge < -0.3 is 11.2 Å². The molecular formula is C13H14FN5O2S. The Labute approximate surface area is 129 Å². The Hall–Kier alpha value is -2.42. The number of aryl methyl sites for hydroxylation is 2. The van der Waals surface area contributed by atoms with Gasteiger partial charge in [0.1, 0.15) is 11.5 Å². The van der Waals surface area contributed by atoms with E-state index in [-0.39, 0.29) is 22.5 Å². The number of nitrogen functional groups attached to an aromatic ring is 1. The van der Waals surface area contributed by atoms with Crippen molar-refractivity contribution in [3.8, 4) is 0 Å². The minimum absolute atomic E-state index is 0.0378. The van der Waals surface area contributed by atoms with E-state index in [1.807, 2.05) is 0 Å². The van der Waals surface area contributed by atoms with E-state index in [1.165, 1.54) is 13.0 Å². The Morgan fingerprint density at radius 3 is 2.82 bits per heavy atom. The van der Waals surface area contributed by atoms with Crippen molar-refractivity contribution < 1.29 is 9.18 Å². The van der Waals surface area contributed by atoms with Gasteiger partial charge in [0, 0.05) is 5.69 Å². The maximum atomic E-state index is 13.4. The molecule has 0 radical (unpaired) electrons. The third kappa shape index (κ3) is 3.61. The monoisotopic (exact) mass is 323 g/mol. The molecule has 1 aromatic heterocycles. The van der Waals surface area contributed by atoms with Gasteiger partial charge in [-0.05, 0) is 31.5 Å². The summed E-state index contributed by atoms with van der Waals surface area (Å²) in [6.07, 6.45) is 0. The van der Waals surface area contributed by atoms with Crippen molar-refractivity contribution in [2.75, 3.05) is 16.9 Å². The summed E-state index contributed by atoms with van der Waals surface area (Å²) < 4.78 is 14.2. The number of hydrogen-bond donors (Lipinski definition) is 2. The highest BCUT2D eigenvalue weighted by molar-refractivity contribution is 7.99. The molecule has 116 valence electrons. The van der Waals surface area contributed by atoms with E-state index < -0.39 is 11.4 Å². The average molecular weight is 323 g/mol. The topological polar surface area (TPSA) is 103 Å². The number of nitrogens with one attached hydrogen (secondary N) is 1. The molecule has 1 amide bonds. The Morgan fingerprint density at radius 1 is 1.41 bits per heavy atom. The highest BCUT2D eigenvalue weighted by atomic mass is 32.2. The number of rotatable bonds is 4. The molecule has 0 unspecified atom stereocenters. The lowest BCUT2D eigenvalue weighted by Gasteiger charge is -2.07. The van der Waals surface area contributed by atoms with Crippen LogP contribution in [-0.4, -0.2) is 26.5 Å². The zero-order valence-corrected chi connectivity index (χ0v) is 12.8. The van der Waals surface area contributed by atoms with Crippen LogP contribution in [0.4, 0.5) is 10.1 Å². The molecule has 0 aliphatic carbocycles. The normalized spacial score (nSPS) is 10.5. The molecule has 0 fully saturated rings. The maximum Gasteiger partial charge on any atom is 0.294 e. The van der Waals surface area contributed by atoms with Crippen LogP contribution in [0.1, 0.15) is 11.3 Å². The molecule has 9 heteroatoms. The summed E-state index contributed by atoms with van der Waals surface area (Å²) in [7, 11) is 0. The van der Waals surface area contributed by atoms with Crippen LogP contribution in [0, 0.1) is 19.7 Å². The second-order valence-electron chi connectivity index (χ2n) is 4.54. The highest BCUT2D eigenvalue weighted by Gasteiger charge is 2.11. The number of nitrogens with two attached hydrogens (primary N) is 1. The molecule has 2 rings (SSSR count). The number of carbonyl (C=O) groups is 1. The Kier molecular flexibility index (Phi) is 4.76. The van der Waals surface area contributed by atoms with Gasteiger partial charge >= 0.3 is 0 Å². The fourth-order valence-corrected chi connectivity index (χ4v) is 2.22. The summed E-state index contributed by atoms with van der Waals surface area (Å²) in [4.78, 5) is 23.4. The average Bonchev–Trinajstić information content (AvgIpc) is 2.48. The van der Waals surface area contributed by atoms with Crippen molar-refractivity contribution >= 4 is 23.4 Å². The van der Waals surface area contributed by atoms with Gasteiger partial charge in [0.25, 0.3) is 5.56 Å². The lowest BCUT2D eigenvalue weighted by molar-refractivity contribution is -0.113. The molecule has 3 N–H and O–H groups in total. The molecule has 0 aliphatic heterocycles. The molecule has 0 saturated carbocycles. The summed E-state index contributed by atoms with van der Waals surface area (Å²) in [5, 5.41) is 10.1. The van der Waals surface area contributed by atoms with E-state index in [0.29, 0.717) is 11.3 Å². The van der Waals surface area contributed by atoms with Crippen molar-refractivity contribution in [2.45, 2.75) is 19.0 Å². The first-order valence-corrected chi connectivity index (χ1v) is 7.27. The third-order valence-electron chi connectivity index (χ3n) is 2.81. The van der Waals surface area contributed by atoms with Crippen LogP contribution in [0.2, 0.25) is 0 Å². The molecule has 0 saturated heterocycles. The van der Waals surface area contributed by atoms with Crippen LogP contribution in [0.25, 0.3) is 0 Å². The molecule has 22 heavy (non-hydrogen) atoms. The molecule has 0 aliphatic rings. The number of hydrogen-bond acceptors (Lipinski definition) is 6. The second-order valence-corrected chi connectivity index (χ2v) is 5.49. The predicted octanol–water partition coefficient (Wildman–Crippen LogP) is 0.839. The number of amides is 1. The lowest BCUT2D eigenvalue weighted by atomic mass is 10.2. The molecule has 2 aromatic rings. The minimum Gasteiger partial charge on any atom is -0.334 e. The van der Waals surface area contributed by atoms with Gasteiger partial charge in [-0.3, -0.25) is 9.59 Å². The van der Waals surface area contributed by atoms with Gasteiger partial charge in [0.05, 0.1) is 5.75 Å². The first-order chi connectivity index (χ1) is 10.4. The largest absolute Gasteiger partial charge is 0.334 e. The quantitative estimate of drug-likeness (QED) is 0.638. The Balaban J connectivity index is 2.00. The van der Waals surface area contributed by atoms with Crippen molar-refractivity contribution in [2.24, 2.45) is 0 Å². The number of aromatic nitrogens is 3. The SMILES string of the molecule is Cc1ccc(NC(=O)CSc2nnc(C)c(=O)n2N)cc1F. The first-order valence-electron chi connectivity index (χ1n) is 6.28. The number of thioether (sulfide) groups is 1. The van der Waals surface area contributed by atoms with E-state index >= 15 is 0 Å². The van der Waals surface area contributed by atoms with Gasteiger partial charge in [0.2, 0.25) is 11.1 Å². The summed E-state index contributed by atoms with van der Waals surface area (Å²) in [6, 6.07) is 4.41. The highest BCUT2D eigenvalue weighted by Crippen LogP contribution is 2.15. The molecule has 0 bridgehead atoms. The van der Waals surface area contributed by atoms with E-state index in [0.717, 1.165) is 16.4 Å². The van der Waals surface area contributed by atoms with Crippen molar-refractivity contribution in [3.05, 3.63) is 45.6 Å². The molecule has 0 spiro atoms. The van der Waals surface area contributed by atoms with Gasteiger partial charge in [0.15, 0.2) is 0 Å². The first kappa shape index (κ1) is 16.0. The number of nitrogens with zero attached hydrogens (tertiary/aromatic N) is 3. The van der Waals surface area contributed by atoms with E-state index in [2.05, 4.69) is 15.5 Å². The van der Waals surface area contributed by atoms with Crippen LogP contribution in [0.5, 0.6) is 0 Å². The molecular weight excluding hydrogens is 309 g/mol. The zero-order valence-electron chi connectivity index (χ0n) is 12.0. The predicted molar refractivity (Wildman–Crippen MR) is 81.7 cm³/mol. The van der Waals surface area contributed by atoms with Gasteiger partial charge in [-0.15, -0.1) is 10.2 Å². The molecule has 0 atom stereocenters. The summed E-state index contributed by atoms with van der Waals surface area (Å²) in [5.41, 5.74) is 0.549. The second kappa shape index (κ2) is 6.56. The summed E-state index contributed by atoms with van der Waals surface area (Å²) >= 11 is 0.963. The van der Waals surface area contributed by atoms with E-state index in [1.54, 1.807) is 19.1 Å². The summed E-state index contributed by atoms with van der Waals surface area (Å²) in [6.45, 7) is 3.12. The standard InChI is InChI=1S/C13H14FN5O2S/c1-7-3-4-9(5-10(7)14)16-11(20)6-22-13-18-17-8(2)12(21)19(13)15/h3-5H,6,15H2,1-2H3,(H,16,20). The maximum absolute atomic E-state index is 13.4. The molecule has 1 heterocycles. The number of carbonyl (C=O) groups excluding carboxylic acids is 1. The third-order valence-corrected chi connectivity index (χ3v) is 3.75. The van der Waals surface area contributed by atoms with Gasteiger partial charge in [-0.25, -0.2) is 4.39 Å². The molecule has 1 aromatic carbocycles. The summed E-state index contributed by atoms with van der Waals surface area (Å²) in [5.74, 6) is 4.75. The van der Waals surface area contributed by atoms with Crippen molar-refractivity contribution in [3.63, 3.8) is 0 Å². The smallest absolute Gasteiger partial charge is 0.294 e. The van der Waals surface area contributed by atoms with Crippen LogP contribution in [0.15, 0.2) is 28.2 Å². The number of anilines is 1. The Morgan fingerprint density at radius 2 is 2.14 bits per heavy atom. The van der Waals surface area contributed by atoms with Crippen LogP contribution < -0.4 is 16.7 Å². The zero-order chi connectivity index (χ0) is 16.3. The van der Waals surface area contributed by atoms with E-state index in [9.17, 15) is 14.0 Å². The van der Waals surface area contributed by atoms with Gasteiger partial charge in [-0.1, -0.05) is 17.8 Å².